The van der Waals surface area contributed by atoms with E-state index in [1.54, 1.807) is 4.57 Å². The van der Waals surface area contributed by atoms with Crippen LogP contribution in [-0.4, -0.2) is 22.8 Å². The Labute approximate surface area is 88.0 Å². The summed E-state index contributed by atoms with van der Waals surface area (Å²) < 4.78 is 7.00. The number of halogens is 1. The highest BCUT2D eigenvalue weighted by atomic mass is 35.5. The molecule has 0 amide bonds. The molecule has 2 heterocycles. The van der Waals surface area contributed by atoms with Crippen LogP contribution in [0.5, 0.6) is 0 Å². The first-order valence-corrected chi connectivity index (χ1v) is 5.13. The molecule has 1 fully saturated rings. The Kier molecular flexibility index (Phi) is 2.65. The average Bonchev–Trinajstić information content (AvgIpc) is 2.47. The molecule has 78 valence electrons. The van der Waals surface area contributed by atoms with E-state index in [1.165, 1.54) is 0 Å². The van der Waals surface area contributed by atoms with Gasteiger partial charge in [-0.15, -0.1) is 0 Å². The van der Waals surface area contributed by atoms with Gasteiger partial charge in [0.15, 0.2) is 0 Å². The molecule has 1 aromatic rings. The van der Waals surface area contributed by atoms with Gasteiger partial charge >= 0.3 is 0 Å². The van der Waals surface area contributed by atoms with Crippen molar-refractivity contribution in [1.82, 2.24) is 9.55 Å². The summed E-state index contributed by atoms with van der Waals surface area (Å²) in [6.45, 7) is 1.58. The molecule has 0 unspecified atom stereocenters. The molecule has 0 spiro atoms. The van der Waals surface area contributed by atoms with Gasteiger partial charge in [0.2, 0.25) is 5.95 Å². The monoisotopic (exact) mass is 215 g/mol. The first kappa shape index (κ1) is 9.80. The van der Waals surface area contributed by atoms with Gasteiger partial charge in [0.05, 0.1) is 5.69 Å². The zero-order valence-electron chi connectivity index (χ0n) is 8.16. The molecule has 4 nitrogen and oxygen atoms in total. The molecule has 2 N–H and O–H groups in total. The van der Waals surface area contributed by atoms with Gasteiger partial charge in [-0.2, -0.15) is 0 Å². The van der Waals surface area contributed by atoms with Crippen LogP contribution in [-0.2, 0) is 11.8 Å². The highest BCUT2D eigenvalue weighted by molar-refractivity contribution is 6.30. The normalized spacial score (nSPS) is 18.7. The number of ether oxygens (including phenoxy) is 1. The molecule has 5 heteroatoms. The largest absolute Gasteiger partial charge is 0.381 e. The summed E-state index contributed by atoms with van der Waals surface area (Å²) in [5, 5.41) is 0.661. The van der Waals surface area contributed by atoms with Crippen LogP contribution < -0.4 is 5.73 Å². The summed E-state index contributed by atoms with van der Waals surface area (Å²) in [6, 6.07) is 0. The molecule has 1 saturated heterocycles. The zero-order valence-corrected chi connectivity index (χ0v) is 8.92. The highest BCUT2D eigenvalue weighted by Crippen LogP contribution is 2.32. The lowest BCUT2D eigenvalue weighted by Crippen LogP contribution is -2.14. The quantitative estimate of drug-likeness (QED) is 0.774. The van der Waals surface area contributed by atoms with E-state index in [0.717, 1.165) is 31.7 Å². The zero-order chi connectivity index (χ0) is 10.1. The van der Waals surface area contributed by atoms with Crippen molar-refractivity contribution in [2.24, 2.45) is 7.05 Å². The number of rotatable bonds is 1. The van der Waals surface area contributed by atoms with Crippen molar-refractivity contribution in [2.75, 3.05) is 18.9 Å². The third-order valence-electron chi connectivity index (χ3n) is 2.69. The summed E-state index contributed by atoms with van der Waals surface area (Å²) in [6.07, 6.45) is 1.96. The predicted molar refractivity (Wildman–Crippen MR) is 55.4 cm³/mol. The number of hydrogen-bond donors (Lipinski definition) is 1. The molecule has 1 aliphatic rings. The van der Waals surface area contributed by atoms with E-state index in [-0.39, 0.29) is 0 Å². The lowest BCUT2D eigenvalue weighted by Gasteiger charge is -2.20. The number of nitrogen functional groups attached to an aromatic ring is 1. The number of anilines is 1. The first-order chi connectivity index (χ1) is 6.70. The minimum absolute atomic E-state index is 0.403. The molecule has 1 aliphatic heterocycles. The predicted octanol–water partition coefficient (Wildman–Crippen LogP) is 1.55. The Morgan fingerprint density at radius 1 is 1.50 bits per heavy atom. The Morgan fingerprint density at radius 3 is 2.64 bits per heavy atom. The second-order valence-corrected chi connectivity index (χ2v) is 3.95. The Bertz CT molecular complexity index is 331. The lowest BCUT2D eigenvalue weighted by atomic mass is 9.97. The molecule has 1 aromatic heterocycles. The topological polar surface area (TPSA) is 53.1 Å². The van der Waals surface area contributed by atoms with Gasteiger partial charge in [-0.25, -0.2) is 4.98 Å². The molecule has 14 heavy (non-hydrogen) atoms. The van der Waals surface area contributed by atoms with Gasteiger partial charge in [-0.05, 0) is 12.8 Å². The van der Waals surface area contributed by atoms with Crippen molar-refractivity contribution in [3.05, 3.63) is 10.8 Å². The van der Waals surface area contributed by atoms with Gasteiger partial charge < -0.3 is 15.0 Å². The van der Waals surface area contributed by atoms with Crippen LogP contribution in [0.2, 0.25) is 5.15 Å². The second-order valence-electron chi connectivity index (χ2n) is 3.59. The number of nitrogens with zero attached hydrogens (tertiary/aromatic N) is 2. The van der Waals surface area contributed by atoms with E-state index in [4.69, 9.17) is 22.1 Å². The molecule has 2 rings (SSSR count). The van der Waals surface area contributed by atoms with Crippen molar-refractivity contribution in [2.45, 2.75) is 18.8 Å². The van der Waals surface area contributed by atoms with Crippen molar-refractivity contribution in [3.8, 4) is 0 Å². The summed E-state index contributed by atoms with van der Waals surface area (Å²) in [4.78, 5) is 4.29. The summed E-state index contributed by atoms with van der Waals surface area (Å²) in [5.74, 6) is 0.885. The molecular weight excluding hydrogens is 202 g/mol. The standard InChI is InChI=1S/C9H14ClN3O/c1-13-8(10)7(12-9(13)11)6-2-4-14-5-3-6/h6H,2-5H2,1H3,(H2,11,12). The van der Waals surface area contributed by atoms with Crippen LogP contribution in [0.15, 0.2) is 0 Å². The van der Waals surface area contributed by atoms with Gasteiger partial charge in [-0.3, -0.25) is 0 Å². The number of nitrogens with two attached hydrogens (primary N) is 1. The van der Waals surface area contributed by atoms with E-state index >= 15 is 0 Å². The van der Waals surface area contributed by atoms with Gasteiger partial charge in [0.1, 0.15) is 5.15 Å². The van der Waals surface area contributed by atoms with E-state index < -0.39 is 0 Å². The SMILES string of the molecule is Cn1c(N)nc(C2CCOCC2)c1Cl. The van der Waals surface area contributed by atoms with Crippen LogP contribution in [0.1, 0.15) is 24.5 Å². The molecule has 0 aromatic carbocycles. The first-order valence-electron chi connectivity index (χ1n) is 4.75. The Balaban J connectivity index is 2.26. The van der Waals surface area contributed by atoms with Crippen molar-refractivity contribution >= 4 is 17.5 Å². The minimum Gasteiger partial charge on any atom is -0.381 e. The fraction of sp³-hybridized carbons (Fsp3) is 0.667. The maximum atomic E-state index is 6.13. The maximum Gasteiger partial charge on any atom is 0.201 e. The average molecular weight is 216 g/mol. The summed E-state index contributed by atoms with van der Waals surface area (Å²) in [7, 11) is 1.83. The third-order valence-corrected chi connectivity index (χ3v) is 3.14. The van der Waals surface area contributed by atoms with Gasteiger partial charge in [0, 0.05) is 26.2 Å². The fourth-order valence-electron chi connectivity index (χ4n) is 1.75. The number of hydrogen-bond acceptors (Lipinski definition) is 3. The minimum atomic E-state index is 0.403. The highest BCUT2D eigenvalue weighted by Gasteiger charge is 2.22. The molecule has 0 atom stereocenters. The molecule has 0 radical (unpaired) electrons. The molecule has 0 bridgehead atoms. The van der Waals surface area contributed by atoms with Crippen LogP contribution in [0.25, 0.3) is 0 Å². The summed E-state index contributed by atoms with van der Waals surface area (Å²) >= 11 is 6.13. The number of aromatic nitrogens is 2. The third kappa shape index (κ3) is 1.60. The molecule has 0 aliphatic carbocycles. The van der Waals surface area contributed by atoms with Crippen molar-refractivity contribution in [1.29, 1.82) is 0 Å². The van der Waals surface area contributed by atoms with Crippen molar-refractivity contribution in [3.63, 3.8) is 0 Å². The van der Waals surface area contributed by atoms with E-state index in [1.807, 2.05) is 7.05 Å². The van der Waals surface area contributed by atoms with Crippen LogP contribution >= 0.6 is 11.6 Å². The maximum absolute atomic E-state index is 6.13. The smallest absolute Gasteiger partial charge is 0.201 e. The van der Waals surface area contributed by atoms with E-state index in [2.05, 4.69) is 4.98 Å². The van der Waals surface area contributed by atoms with Gasteiger partial charge in [0.25, 0.3) is 0 Å². The lowest BCUT2D eigenvalue weighted by molar-refractivity contribution is 0.0846. The van der Waals surface area contributed by atoms with Crippen LogP contribution in [0, 0.1) is 0 Å². The molecular formula is C9H14ClN3O. The van der Waals surface area contributed by atoms with Crippen LogP contribution in [0.3, 0.4) is 0 Å². The van der Waals surface area contributed by atoms with Crippen molar-refractivity contribution < 1.29 is 4.74 Å². The van der Waals surface area contributed by atoms with E-state index in [9.17, 15) is 0 Å². The Morgan fingerprint density at radius 2 is 2.14 bits per heavy atom. The number of imidazole rings is 1. The van der Waals surface area contributed by atoms with E-state index in [0.29, 0.717) is 17.0 Å². The van der Waals surface area contributed by atoms with Crippen LogP contribution in [0.4, 0.5) is 5.95 Å². The Hall–Kier alpha value is -0.740. The second kappa shape index (κ2) is 3.79. The molecule has 0 saturated carbocycles. The summed E-state index contributed by atoms with van der Waals surface area (Å²) in [5.41, 5.74) is 6.61. The fourth-order valence-corrected chi connectivity index (χ4v) is 2.03. The van der Waals surface area contributed by atoms with Gasteiger partial charge in [-0.1, -0.05) is 11.6 Å².